The molecule has 0 amide bonds. The standard InChI is InChI=1S/C14H22N6O2S2/c1-3-5-13-16-17-14(23-13)15-9-11-8-12-10-19(24(2,21)22)6-4-7-20(12)18-11/h8H,3-7,9-10H2,1-2H3,(H,15,17). The van der Waals surface area contributed by atoms with Gasteiger partial charge in [-0.25, -0.2) is 8.42 Å². The molecule has 0 saturated heterocycles. The Hall–Kier alpha value is -1.52. The van der Waals surface area contributed by atoms with Gasteiger partial charge in [0.05, 0.1) is 30.7 Å². The Morgan fingerprint density at radius 2 is 2.17 bits per heavy atom. The Bertz CT molecular complexity index is 798. The molecular weight excluding hydrogens is 348 g/mol. The largest absolute Gasteiger partial charge is 0.354 e. The number of hydrogen-bond donors (Lipinski definition) is 1. The zero-order valence-corrected chi connectivity index (χ0v) is 15.5. The van der Waals surface area contributed by atoms with Gasteiger partial charge in [-0.3, -0.25) is 4.68 Å². The van der Waals surface area contributed by atoms with Crippen LogP contribution < -0.4 is 5.32 Å². The van der Waals surface area contributed by atoms with Gasteiger partial charge in [-0.15, -0.1) is 10.2 Å². The van der Waals surface area contributed by atoms with Gasteiger partial charge in [-0.1, -0.05) is 18.3 Å². The lowest BCUT2D eigenvalue weighted by Crippen LogP contribution is -2.29. The number of rotatable bonds is 6. The van der Waals surface area contributed by atoms with Crippen molar-refractivity contribution < 1.29 is 8.42 Å². The molecule has 3 heterocycles. The second-order valence-electron chi connectivity index (χ2n) is 5.90. The molecule has 8 nitrogen and oxygen atoms in total. The van der Waals surface area contributed by atoms with Gasteiger partial charge in [0.25, 0.3) is 0 Å². The third-order valence-corrected chi connectivity index (χ3v) is 6.04. The van der Waals surface area contributed by atoms with Crippen molar-refractivity contribution in [3.05, 3.63) is 22.5 Å². The van der Waals surface area contributed by atoms with Crippen LogP contribution >= 0.6 is 11.3 Å². The first-order valence-electron chi connectivity index (χ1n) is 8.02. The van der Waals surface area contributed by atoms with Gasteiger partial charge in [-0.2, -0.15) is 9.40 Å². The average molecular weight is 371 g/mol. The zero-order chi connectivity index (χ0) is 17.2. The van der Waals surface area contributed by atoms with Crippen LogP contribution in [0.3, 0.4) is 0 Å². The number of sulfonamides is 1. The van der Waals surface area contributed by atoms with Crippen molar-refractivity contribution in [1.82, 2.24) is 24.3 Å². The summed E-state index contributed by atoms with van der Waals surface area (Å²) in [5.41, 5.74) is 1.81. The minimum atomic E-state index is -3.18. The van der Waals surface area contributed by atoms with E-state index >= 15 is 0 Å². The van der Waals surface area contributed by atoms with Gasteiger partial charge in [0, 0.05) is 19.5 Å². The van der Waals surface area contributed by atoms with Gasteiger partial charge >= 0.3 is 0 Å². The molecule has 0 aliphatic carbocycles. The minimum absolute atomic E-state index is 0.380. The van der Waals surface area contributed by atoms with Crippen molar-refractivity contribution >= 4 is 26.5 Å². The van der Waals surface area contributed by atoms with Crippen LogP contribution in [0.1, 0.15) is 36.2 Å². The fourth-order valence-electron chi connectivity index (χ4n) is 2.67. The van der Waals surface area contributed by atoms with E-state index in [2.05, 4.69) is 27.5 Å². The Kier molecular flexibility index (Phi) is 5.16. The Balaban J connectivity index is 1.66. The number of nitrogens with one attached hydrogen (secondary N) is 1. The van der Waals surface area contributed by atoms with Crippen LogP contribution in [0.2, 0.25) is 0 Å². The molecule has 0 radical (unpaired) electrons. The van der Waals surface area contributed by atoms with Crippen molar-refractivity contribution in [2.45, 2.75) is 45.8 Å². The predicted molar refractivity (Wildman–Crippen MR) is 93.3 cm³/mol. The fourth-order valence-corrected chi connectivity index (χ4v) is 4.33. The van der Waals surface area contributed by atoms with Crippen molar-refractivity contribution in [3.63, 3.8) is 0 Å². The highest BCUT2D eigenvalue weighted by atomic mass is 32.2. The molecule has 1 aliphatic heterocycles. The summed E-state index contributed by atoms with van der Waals surface area (Å²) in [6.07, 6.45) is 4.02. The van der Waals surface area contributed by atoms with E-state index in [-0.39, 0.29) is 0 Å². The topological polar surface area (TPSA) is 93.0 Å². The van der Waals surface area contributed by atoms with E-state index in [4.69, 9.17) is 0 Å². The molecule has 2 aromatic rings. The molecule has 24 heavy (non-hydrogen) atoms. The molecular formula is C14H22N6O2S2. The maximum Gasteiger partial charge on any atom is 0.211 e. The van der Waals surface area contributed by atoms with E-state index < -0.39 is 10.0 Å². The first kappa shape index (κ1) is 17.3. The van der Waals surface area contributed by atoms with Crippen molar-refractivity contribution in [2.75, 3.05) is 18.1 Å². The van der Waals surface area contributed by atoms with Gasteiger partial charge in [-0.05, 0) is 18.9 Å². The van der Waals surface area contributed by atoms with Crippen LogP contribution in [0.4, 0.5) is 5.13 Å². The molecule has 0 fully saturated rings. The summed E-state index contributed by atoms with van der Waals surface area (Å²) in [4.78, 5) is 0. The smallest absolute Gasteiger partial charge is 0.211 e. The molecule has 132 valence electrons. The van der Waals surface area contributed by atoms with E-state index in [1.54, 1.807) is 11.3 Å². The van der Waals surface area contributed by atoms with Gasteiger partial charge < -0.3 is 5.32 Å². The van der Waals surface area contributed by atoms with Crippen molar-refractivity contribution in [1.29, 1.82) is 0 Å². The van der Waals surface area contributed by atoms with Gasteiger partial charge in [0.15, 0.2) is 0 Å². The van der Waals surface area contributed by atoms with Crippen LogP contribution in [0.25, 0.3) is 0 Å². The number of anilines is 1. The molecule has 0 saturated carbocycles. The Morgan fingerprint density at radius 1 is 1.33 bits per heavy atom. The second kappa shape index (κ2) is 7.16. The maximum absolute atomic E-state index is 11.8. The molecule has 0 unspecified atom stereocenters. The molecule has 2 aromatic heterocycles. The van der Waals surface area contributed by atoms with Crippen LogP contribution in [0, 0.1) is 0 Å². The van der Waals surface area contributed by atoms with Crippen LogP contribution in [-0.4, -0.2) is 45.5 Å². The zero-order valence-electron chi connectivity index (χ0n) is 13.9. The third-order valence-electron chi connectivity index (χ3n) is 3.85. The lowest BCUT2D eigenvalue weighted by molar-refractivity contribution is 0.414. The summed E-state index contributed by atoms with van der Waals surface area (Å²) in [5, 5.41) is 17.9. The quantitative estimate of drug-likeness (QED) is 0.828. The van der Waals surface area contributed by atoms with Crippen molar-refractivity contribution in [3.8, 4) is 0 Å². The second-order valence-corrected chi connectivity index (χ2v) is 8.95. The summed E-state index contributed by atoms with van der Waals surface area (Å²) in [7, 11) is -3.18. The van der Waals surface area contributed by atoms with Crippen LogP contribution in [0.15, 0.2) is 6.07 Å². The summed E-state index contributed by atoms with van der Waals surface area (Å²) in [6, 6.07) is 1.96. The summed E-state index contributed by atoms with van der Waals surface area (Å²) < 4.78 is 27.0. The minimum Gasteiger partial charge on any atom is -0.354 e. The first-order chi connectivity index (χ1) is 11.5. The lowest BCUT2D eigenvalue weighted by atomic mass is 10.3. The lowest BCUT2D eigenvalue weighted by Gasteiger charge is -2.16. The normalized spacial score (nSPS) is 15.9. The summed E-state index contributed by atoms with van der Waals surface area (Å²) in [5.74, 6) is 0. The molecule has 0 atom stereocenters. The van der Waals surface area contributed by atoms with E-state index in [1.165, 1.54) is 10.6 Å². The molecule has 0 aromatic carbocycles. The molecule has 3 rings (SSSR count). The highest BCUT2D eigenvalue weighted by Crippen LogP contribution is 2.19. The summed E-state index contributed by atoms with van der Waals surface area (Å²) in [6.45, 7) is 4.33. The number of hydrogen-bond acceptors (Lipinski definition) is 7. The maximum atomic E-state index is 11.8. The average Bonchev–Trinajstić information content (AvgIpc) is 3.06. The SMILES string of the molecule is CCCc1nnc(NCc2cc3n(n2)CCCN(S(C)(=O)=O)C3)s1. The molecule has 1 N–H and O–H groups in total. The fraction of sp³-hybridized carbons (Fsp3) is 0.643. The summed E-state index contributed by atoms with van der Waals surface area (Å²) >= 11 is 1.56. The van der Waals surface area contributed by atoms with Crippen molar-refractivity contribution in [2.24, 2.45) is 0 Å². The molecule has 10 heteroatoms. The van der Waals surface area contributed by atoms with E-state index in [0.29, 0.717) is 19.6 Å². The number of nitrogens with zero attached hydrogens (tertiary/aromatic N) is 5. The Labute approximate surface area is 145 Å². The highest BCUT2D eigenvalue weighted by molar-refractivity contribution is 7.88. The van der Waals surface area contributed by atoms with E-state index in [9.17, 15) is 8.42 Å². The van der Waals surface area contributed by atoms with Crippen LogP contribution in [-0.2, 0) is 36.1 Å². The van der Waals surface area contributed by atoms with Crippen LogP contribution in [0.5, 0.6) is 0 Å². The number of aromatic nitrogens is 4. The first-order valence-corrected chi connectivity index (χ1v) is 10.7. The van der Waals surface area contributed by atoms with Gasteiger partial charge in [0.2, 0.25) is 15.2 Å². The van der Waals surface area contributed by atoms with E-state index in [1.807, 2.05) is 10.7 Å². The number of fused-ring (bicyclic) bond motifs is 1. The van der Waals surface area contributed by atoms with Gasteiger partial charge in [0.1, 0.15) is 5.01 Å². The highest BCUT2D eigenvalue weighted by Gasteiger charge is 2.22. The Morgan fingerprint density at radius 3 is 2.92 bits per heavy atom. The molecule has 1 aliphatic rings. The molecule has 0 bridgehead atoms. The predicted octanol–water partition coefficient (Wildman–Crippen LogP) is 1.46. The third kappa shape index (κ3) is 4.11. The molecule has 0 spiro atoms. The number of aryl methyl sites for hydroxylation is 2. The monoisotopic (exact) mass is 370 g/mol. The van der Waals surface area contributed by atoms with E-state index in [0.717, 1.165) is 47.3 Å².